The van der Waals surface area contributed by atoms with E-state index < -0.39 is 30.9 Å². The van der Waals surface area contributed by atoms with Crippen molar-refractivity contribution in [2.45, 2.75) is 6.42 Å². The molecule has 0 amide bonds. The van der Waals surface area contributed by atoms with Gasteiger partial charge in [-0.05, 0) is 0 Å². The first-order valence-corrected chi connectivity index (χ1v) is 2.63. The summed E-state index contributed by atoms with van der Waals surface area (Å²) in [6.45, 7) is -0.637. The van der Waals surface area contributed by atoms with E-state index in [1.165, 1.54) is 0 Å². The highest BCUT2D eigenvalue weighted by atomic mass is 16.4. The summed E-state index contributed by atoms with van der Waals surface area (Å²) in [5.74, 6) is -3.69. The zero-order chi connectivity index (χ0) is 8.15. The fourth-order valence-corrected chi connectivity index (χ4v) is 0.441. The van der Waals surface area contributed by atoms with E-state index in [4.69, 9.17) is 15.3 Å². The maximum absolute atomic E-state index is 10.0. The monoisotopic (exact) mass is 148 g/mol. The summed E-state index contributed by atoms with van der Waals surface area (Å²) in [6, 6.07) is 0. The van der Waals surface area contributed by atoms with Gasteiger partial charge in [0.25, 0.3) is 0 Å². The summed E-state index contributed by atoms with van der Waals surface area (Å²) in [4.78, 5) is 19.9. The number of carbonyl (C=O) groups is 2. The lowest BCUT2D eigenvalue weighted by atomic mass is 10.1. The number of aliphatic hydroxyl groups excluding tert-OH is 1. The van der Waals surface area contributed by atoms with Gasteiger partial charge in [-0.1, -0.05) is 0 Å². The third-order valence-electron chi connectivity index (χ3n) is 0.991. The quantitative estimate of drug-likeness (QED) is 0.483. The van der Waals surface area contributed by atoms with E-state index in [2.05, 4.69) is 0 Å². The van der Waals surface area contributed by atoms with Gasteiger partial charge >= 0.3 is 11.9 Å². The molecular formula is C5H8O5. The largest absolute Gasteiger partial charge is 0.481 e. The van der Waals surface area contributed by atoms with E-state index in [0.717, 1.165) is 0 Å². The molecule has 1 unspecified atom stereocenters. The van der Waals surface area contributed by atoms with Crippen LogP contribution in [0.5, 0.6) is 0 Å². The van der Waals surface area contributed by atoms with E-state index in [9.17, 15) is 9.59 Å². The molecule has 0 saturated carbocycles. The number of aliphatic carboxylic acids is 2. The first-order chi connectivity index (χ1) is 4.57. The van der Waals surface area contributed by atoms with Crippen LogP contribution in [0.15, 0.2) is 0 Å². The summed E-state index contributed by atoms with van der Waals surface area (Å²) < 4.78 is 0. The molecule has 3 N–H and O–H groups in total. The normalized spacial score (nSPS) is 12.5. The lowest BCUT2D eigenvalue weighted by Gasteiger charge is -2.03. The molecule has 0 aromatic carbocycles. The minimum absolute atomic E-state index is 0.536. The maximum Gasteiger partial charge on any atom is 0.309 e. The molecule has 58 valence electrons. The molecule has 0 spiro atoms. The Balaban J connectivity index is 3.83. The fraction of sp³-hybridized carbons (Fsp3) is 0.600. The highest BCUT2D eigenvalue weighted by molar-refractivity contribution is 5.77. The second-order valence-electron chi connectivity index (χ2n) is 1.82. The second-order valence-corrected chi connectivity index (χ2v) is 1.82. The average molecular weight is 148 g/mol. The Labute approximate surface area is 56.9 Å². The summed E-state index contributed by atoms with van der Waals surface area (Å²) in [5, 5.41) is 24.6. The minimum atomic E-state index is -1.29. The molecule has 1 atom stereocenters. The third kappa shape index (κ3) is 3.03. The van der Waals surface area contributed by atoms with Crippen molar-refractivity contribution >= 4 is 11.9 Å². The molecule has 10 heavy (non-hydrogen) atoms. The Hall–Kier alpha value is -1.10. The van der Waals surface area contributed by atoms with Gasteiger partial charge in [-0.25, -0.2) is 0 Å². The standard InChI is InChI=1S/C5H8O5/c6-2-3(5(9)10)1-4(7)8/h3,6H,1-2H2,(H,7,8)(H,9,10). The number of aliphatic hydroxyl groups is 1. The number of hydrogen-bond acceptors (Lipinski definition) is 3. The molecule has 0 aliphatic carbocycles. The molecule has 5 nitrogen and oxygen atoms in total. The van der Waals surface area contributed by atoms with Gasteiger partial charge in [-0.2, -0.15) is 0 Å². The van der Waals surface area contributed by atoms with Crippen molar-refractivity contribution in [1.82, 2.24) is 0 Å². The Morgan fingerprint density at radius 1 is 1.30 bits per heavy atom. The van der Waals surface area contributed by atoms with Crippen LogP contribution in [0, 0.1) is 5.92 Å². The fourth-order valence-electron chi connectivity index (χ4n) is 0.441. The van der Waals surface area contributed by atoms with Crippen LogP contribution in [0.1, 0.15) is 6.42 Å². The molecule has 0 bridgehead atoms. The van der Waals surface area contributed by atoms with E-state index in [0.29, 0.717) is 0 Å². The van der Waals surface area contributed by atoms with Gasteiger partial charge in [0.15, 0.2) is 0 Å². The van der Waals surface area contributed by atoms with Crippen LogP contribution in [0.4, 0.5) is 0 Å². The smallest absolute Gasteiger partial charge is 0.309 e. The molecule has 5 heteroatoms. The van der Waals surface area contributed by atoms with Crippen molar-refractivity contribution in [2.24, 2.45) is 5.92 Å². The van der Waals surface area contributed by atoms with Crippen molar-refractivity contribution in [3.8, 4) is 0 Å². The van der Waals surface area contributed by atoms with Gasteiger partial charge in [0, 0.05) is 0 Å². The van der Waals surface area contributed by atoms with Crippen LogP contribution in [-0.2, 0) is 9.59 Å². The summed E-state index contributed by atoms with van der Waals surface area (Å²) in [6.07, 6.45) is -0.536. The first-order valence-electron chi connectivity index (χ1n) is 2.63. The predicted octanol–water partition coefficient (Wildman–Crippen LogP) is -0.846. The summed E-state index contributed by atoms with van der Waals surface area (Å²) >= 11 is 0. The van der Waals surface area contributed by atoms with Crippen LogP contribution in [0.2, 0.25) is 0 Å². The van der Waals surface area contributed by atoms with Crippen molar-refractivity contribution < 1.29 is 24.9 Å². The van der Waals surface area contributed by atoms with Crippen LogP contribution in [0.25, 0.3) is 0 Å². The maximum atomic E-state index is 10.0. The van der Waals surface area contributed by atoms with Gasteiger partial charge in [0.2, 0.25) is 0 Å². The van der Waals surface area contributed by atoms with E-state index in [1.54, 1.807) is 0 Å². The Morgan fingerprint density at radius 2 is 1.80 bits per heavy atom. The van der Waals surface area contributed by atoms with E-state index in [-0.39, 0.29) is 0 Å². The van der Waals surface area contributed by atoms with Gasteiger partial charge in [-0.15, -0.1) is 0 Å². The van der Waals surface area contributed by atoms with Gasteiger partial charge in [-0.3, -0.25) is 9.59 Å². The molecular weight excluding hydrogens is 140 g/mol. The molecule has 0 fully saturated rings. The lowest BCUT2D eigenvalue weighted by molar-refractivity contribution is -0.149. The van der Waals surface area contributed by atoms with Crippen LogP contribution < -0.4 is 0 Å². The Kier molecular flexibility index (Phi) is 3.42. The van der Waals surface area contributed by atoms with E-state index >= 15 is 0 Å². The summed E-state index contributed by atoms with van der Waals surface area (Å²) in [5.41, 5.74) is 0. The van der Waals surface area contributed by atoms with Crippen molar-refractivity contribution in [2.75, 3.05) is 6.61 Å². The van der Waals surface area contributed by atoms with Crippen molar-refractivity contribution in [3.63, 3.8) is 0 Å². The molecule has 0 aromatic heterocycles. The molecule has 0 heterocycles. The molecule has 0 rings (SSSR count). The molecule has 0 aromatic rings. The summed E-state index contributed by atoms with van der Waals surface area (Å²) in [7, 11) is 0. The SMILES string of the molecule is O=C(O)CC(CO)C(=O)O. The topological polar surface area (TPSA) is 94.8 Å². The zero-order valence-electron chi connectivity index (χ0n) is 5.15. The van der Waals surface area contributed by atoms with Crippen LogP contribution in [0.3, 0.4) is 0 Å². The molecule has 0 saturated heterocycles. The number of carboxylic acid groups (broad SMARTS) is 2. The molecule has 0 aliphatic heterocycles. The number of rotatable bonds is 4. The minimum Gasteiger partial charge on any atom is -0.481 e. The van der Waals surface area contributed by atoms with Crippen molar-refractivity contribution in [1.29, 1.82) is 0 Å². The predicted molar refractivity (Wildman–Crippen MR) is 30.5 cm³/mol. The number of hydrogen-bond donors (Lipinski definition) is 3. The van der Waals surface area contributed by atoms with Gasteiger partial charge in [0.05, 0.1) is 18.9 Å². The Morgan fingerprint density at radius 3 is 1.90 bits per heavy atom. The second kappa shape index (κ2) is 3.84. The molecule has 0 radical (unpaired) electrons. The third-order valence-corrected chi connectivity index (χ3v) is 0.991. The highest BCUT2D eigenvalue weighted by Gasteiger charge is 2.19. The highest BCUT2D eigenvalue weighted by Crippen LogP contribution is 2.00. The van der Waals surface area contributed by atoms with Crippen LogP contribution in [-0.4, -0.2) is 33.9 Å². The zero-order valence-corrected chi connectivity index (χ0v) is 5.15. The first kappa shape index (κ1) is 8.90. The number of carboxylic acids is 2. The van der Waals surface area contributed by atoms with E-state index in [1.807, 2.05) is 0 Å². The molecule has 0 aliphatic rings. The van der Waals surface area contributed by atoms with Gasteiger partial charge < -0.3 is 15.3 Å². The van der Waals surface area contributed by atoms with Crippen molar-refractivity contribution in [3.05, 3.63) is 0 Å². The van der Waals surface area contributed by atoms with Crippen LogP contribution >= 0.6 is 0 Å². The Bertz CT molecular complexity index is 141. The van der Waals surface area contributed by atoms with Gasteiger partial charge in [0.1, 0.15) is 0 Å². The average Bonchev–Trinajstić information content (AvgIpc) is 1.81. The lowest BCUT2D eigenvalue weighted by Crippen LogP contribution is -2.21.